The summed E-state index contributed by atoms with van der Waals surface area (Å²) in [4.78, 5) is 0. The van der Waals surface area contributed by atoms with Gasteiger partial charge in [0.25, 0.3) is 0 Å². The van der Waals surface area contributed by atoms with Gasteiger partial charge in [-0.25, -0.2) is 0 Å². The number of hydroxylamine groups is 1. The van der Waals surface area contributed by atoms with E-state index in [9.17, 15) is 10.3 Å². The van der Waals surface area contributed by atoms with Gasteiger partial charge in [-0.05, 0) is 0 Å². The lowest BCUT2D eigenvalue weighted by molar-refractivity contribution is 0.222. The molecule has 1 heterocycles. The molecule has 1 aliphatic rings. The molecule has 2 atom stereocenters. The van der Waals surface area contributed by atoms with E-state index in [4.69, 9.17) is 0 Å². The third-order valence-corrected chi connectivity index (χ3v) is 3.23. The highest BCUT2D eigenvalue weighted by molar-refractivity contribution is 5.67. The van der Waals surface area contributed by atoms with Crippen LogP contribution in [0.15, 0.2) is 66.9 Å². The number of quaternary nitrogens is 1. The summed E-state index contributed by atoms with van der Waals surface area (Å²) < 4.78 is -0.659. The number of para-hydroxylation sites is 2. The van der Waals surface area contributed by atoms with E-state index in [1.807, 2.05) is 30.3 Å². The summed E-state index contributed by atoms with van der Waals surface area (Å²) >= 11 is 0. The highest BCUT2D eigenvalue weighted by atomic mass is 16.5. The second-order valence-corrected chi connectivity index (χ2v) is 4.34. The third-order valence-electron chi connectivity index (χ3n) is 3.23. The van der Waals surface area contributed by atoms with Crippen LogP contribution < -0.4 is 4.65 Å². The molecule has 0 saturated heterocycles. The highest BCUT2D eigenvalue weighted by Crippen LogP contribution is 2.42. The van der Waals surface area contributed by atoms with Gasteiger partial charge in [-0.3, -0.25) is 4.65 Å². The summed E-state index contributed by atoms with van der Waals surface area (Å²) in [6.07, 6.45) is 2.33. The molecule has 3 rings (SSSR count). The van der Waals surface area contributed by atoms with Crippen molar-refractivity contribution in [3.05, 3.63) is 77.6 Å². The Morgan fingerprint density at radius 1 is 0.944 bits per heavy atom. The van der Waals surface area contributed by atoms with Crippen LogP contribution in [0.4, 0.5) is 11.4 Å². The average molecular weight is 239 g/mol. The Kier molecular flexibility index (Phi) is 2.52. The van der Waals surface area contributed by atoms with Crippen LogP contribution in [-0.2, 0) is 0 Å². The van der Waals surface area contributed by atoms with Crippen LogP contribution in [0.2, 0.25) is 0 Å². The zero-order valence-electron chi connectivity index (χ0n) is 9.73. The van der Waals surface area contributed by atoms with E-state index >= 15 is 0 Å². The first-order chi connectivity index (χ1) is 8.72. The lowest BCUT2D eigenvalue weighted by Crippen LogP contribution is -2.34. The zero-order valence-corrected chi connectivity index (χ0v) is 9.73. The summed E-state index contributed by atoms with van der Waals surface area (Å²) in [5.41, 5.74) is 1.87. The monoisotopic (exact) mass is 239 g/mol. The van der Waals surface area contributed by atoms with Crippen molar-refractivity contribution in [3.8, 4) is 0 Å². The molecule has 0 fully saturated rings. The lowest BCUT2D eigenvalue weighted by Gasteiger charge is -2.41. The lowest BCUT2D eigenvalue weighted by atomic mass is 10.0. The zero-order chi connectivity index (χ0) is 12.6. The van der Waals surface area contributed by atoms with Crippen molar-refractivity contribution in [2.75, 3.05) is 0 Å². The van der Waals surface area contributed by atoms with Crippen molar-refractivity contribution in [1.29, 1.82) is 0 Å². The first kappa shape index (κ1) is 11.2. The van der Waals surface area contributed by atoms with Crippen molar-refractivity contribution >= 4 is 11.4 Å². The molecular weight excluding hydrogens is 226 g/mol. The molecule has 2 unspecified atom stereocenters. The Bertz CT molecular complexity index is 594. The van der Waals surface area contributed by atoms with E-state index in [1.54, 1.807) is 30.3 Å². The summed E-state index contributed by atoms with van der Waals surface area (Å²) in [6, 6.07) is 16.4. The normalized spacial score (nSPS) is 25.8. The fourth-order valence-electron chi connectivity index (χ4n) is 2.30. The molecule has 3 nitrogen and oxygen atoms in total. The van der Waals surface area contributed by atoms with Crippen LogP contribution in [0.1, 0.15) is 11.7 Å². The number of fused-ring (bicyclic) bond motifs is 1. The average Bonchev–Trinajstić information content (AvgIpc) is 2.44. The first-order valence-corrected chi connectivity index (χ1v) is 5.84. The molecule has 2 aromatic carbocycles. The summed E-state index contributed by atoms with van der Waals surface area (Å²) in [7, 11) is 0. The third kappa shape index (κ3) is 1.57. The Hall–Kier alpha value is -1.94. The number of nitrogens with zero attached hydrogens (tertiary/aromatic N) is 1. The van der Waals surface area contributed by atoms with Gasteiger partial charge < -0.3 is 10.3 Å². The van der Waals surface area contributed by atoms with Crippen molar-refractivity contribution in [1.82, 2.24) is 4.65 Å². The van der Waals surface area contributed by atoms with Gasteiger partial charge in [-0.15, -0.1) is 0 Å². The summed E-state index contributed by atoms with van der Waals surface area (Å²) in [5.74, 6) is 0. The fraction of sp³-hybridized carbons (Fsp3) is 0.0667. The molecule has 0 aliphatic carbocycles. The van der Waals surface area contributed by atoms with Crippen molar-refractivity contribution in [2.24, 2.45) is 0 Å². The summed E-state index contributed by atoms with van der Waals surface area (Å²) in [6.45, 7) is 0. The molecule has 3 heteroatoms. The fourth-order valence-corrected chi connectivity index (χ4v) is 2.30. The van der Waals surface area contributed by atoms with E-state index in [0.29, 0.717) is 16.9 Å². The minimum Gasteiger partial charge on any atom is -0.617 e. The van der Waals surface area contributed by atoms with Crippen LogP contribution in [-0.4, -0.2) is 5.11 Å². The van der Waals surface area contributed by atoms with E-state index in [0.717, 1.165) is 0 Å². The molecular formula is C15H13NO2. The second-order valence-electron chi connectivity index (χ2n) is 4.34. The molecule has 18 heavy (non-hydrogen) atoms. The molecule has 0 aromatic heterocycles. The van der Waals surface area contributed by atoms with Gasteiger partial charge in [0.05, 0.1) is 0 Å². The van der Waals surface area contributed by atoms with Gasteiger partial charge in [0.15, 0.2) is 0 Å². The number of hydrogen-bond acceptors (Lipinski definition) is 2. The number of hydrogen-bond donors (Lipinski definition) is 1. The smallest absolute Gasteiger partial charge is 0.148 e. The van der Waals surface area contributed by atoms with Gasteiger partial charge in [0.1, 0.15) is 23.7 Å². The molecule has 90 valence electrons. The van der Waals surface area contributed by atoms with Gasteiger partial charge >= 0.3 is 0 Å². The number of aliphatic hydroxyl groups is 1. The van der Waals surface area contributed by atoms with Crippen molar-refractivity contribution < 1.29 is 5.11 Å². The molecule has 2 aromatic rings. The Balaban J connectivity index is 2.22. The van der Waals surface area contributed by atoms with Crippen LogP contribution in [0.3, 0.4) is 0 Å². The van der Waals surface area contributed by atoms with E-state index in [1.165, 1.54) is 6.20 Å². The molecule has 0 radical (unpaired) electrons. The van der Waals surface area contributed by atoms with E-state index in [2.05, 4.69) is 0 Å². The topological polar surface area (TPSA) is 43.3 Å². The van der Waals surface area contributed by atoms with E-state index in [-0.39, 0.29) is 0 Å². The molecule has 0 bridgehead atoms. The highest BCUT2D eigenvalue weighted by Gasteiger charge is 2.30. The molecule has 1 N–H and O–H groups in total. The Labute approximate surface area is 105 Å². The first-order valence-electron chi connectivity index (χ1n) is 5.84. The van der Waals surface area contributed by atoms with Crippen LogP contribution >= 0.6 is 0 Å². The minimum absolute atomic E-state index is 0.568. The maximum atomic E-state index is 13.0. The number of rotatable bonds is 1. The second kappa shape index (κ2) is 4.07. The predicted octanol–water partition coefficient (Wildman–Crippen LogP) is 3.38. The SMILES string of the molecule is [O-][N+]1(c2ccccc2)C=CC(O)c2ccccc21. The van der Waals surface area contributed by atoms with Gasteiger partial charge in [0, 0.05) is 29.8 Å². The molecule has 0 spiro atoms. The van der Waals surface area contributed by atoms with Gasteiger partial charge in [-0.2, -0.15) is 0 Å². The molecule has 0 saturated carbocycles. The number of aliphatic hydroxyl groups excluding tert-OH is 1. The largest absolute Gasteiger partial charge is 0.617 e. The molecule has 1 aliphatic heterocycles. The summed E-state index contributed by atoms with van der Waals surface area (Å²) in [5, 5.41) is 22.9. The van der Waals surface area contributed by atoms with Gasteiger partial charge in [-0.1, -0.05) is 36.4 Å². The predicted molar refractivity (Wildman–Crippen MR) is 71.8 cm³/mol. The quantitative estimate of drug-likeness (QED) is 0.612. The Morgan fingerprint density at radius 2 is 1.61 bits per heavy atom. The van der Waals surface area contributed by atoms with Crippen LogP contribution in [0.5, 0.6) is 0 Å². The minimum atomic E-state index is -0.704. The van der Waals surface area contributed by atoms with Crippen molar-refractivity contribution in [3.63, 3.8) is 0 Å². The van der Waals surface area contributed by atoms with Crippen molar-refractivity contribution in [2.45, 2.75) is 6.10 Å². The number of benzene rings is 2. The molecule has 0 amide bonds. The van der Waals surface area contributed by atoms with E-state index < -0.39 is 10.8 Å². The maximum absolute atomic E-state index is 13.0. The van der Waals surface area contributed by atoms with Crippen LogP contribution in [0.25, 0.3) is 0 Å². The van der Waals surface area contributed by atoms with Crippen LogP contribution in [0, 0.1) is 5.21 Å². The Morgan fingerprint density at radius 3 is 2.39 bits per heavy atom. The van der Waals surface area contributed by atoms with Gasteiger partial charge in [0.2, 0.25) is 0 Å². The standard InChI is InChI=1S/C15H13NO2/c17-15-10-11-16(18,12-6-2-1-3-7-12)14-9-5-4-8-13(14)15/h1-11,15,17H. The maximum Gasteiger partial charge on any atom is 0.148 e.